The van der Waals surface area contributed by atoms with Gasteiger partial charge in [-0.1, -0.05) is 30.1 Å². The van der Waals surface area contributed by atoms with Gasteiger partial charge in [0.2, 0.25) is 0 Å². The molecule has 4 nitrogen and oxygen atoms in total. The van der Waals surface area contributed by atoms with E-state index in [9.17, 15) is 4.79 Å². The third-order valence-corrected chi connectivity index (χ3v) is 3.87. The third kappa shape index (κ3) is 7.42. The van der Waals surface area contributed by atoms with Crippen molar-refractivity contribution >= 4 is 29.3 Å². The van der Waals surface area contributed by atoms with Gasteiger partial charge in [0.25, 0.3) is 0 Å². The minimum absolute atomic E-state index is 0.0200. The summed E-state index contributed by atoms with van der Waals surface area (Å²) in [4.78, 5) is 11.7. The standard InChI is InChI=1S/C17H26Cl2N2O2/c1-6-13(10-20-16(22)23-17(3,4)5)21-11(2)14-9-12(18)7-8-15(14)19/h7-9,11,13,21H,6,10H2,1-5H3,(H,20,22). The average Bonchev–Trinajstić information content (AvgIpc) is 2.43. The molecular weight excluding hydrogens is 335 g/mol. The van der Waals surface area contributed by atoms with Gasteiger partial charge in [-0.05, 0) is 57.9 Å². The zero-order valence-corrected chi connectivity index (χ0v) is 15.9. The molecule has 1 amide bonds. The highest BCUT2D eigenvalue weighted by Crippen LogP contribution is 2.26. The Morgan fingerprint density at radius 3 is 2.52 bits per heavy atom. The molecule has 0 fully saturated rings. The molecule has 130 valence electrons. The first kappa shape index (κ1) is 20.1. The molecule has 0 aromatic heterocycles. The van der Waals surface area contributed by atoms with Gasteiger partial charge in [0.15, 0.2) is 0 Å². The number of alkyl carbamates (subject to hydrolysis) is 1. The first-order chi connectivity index (χ1) is 10.6. The molecule has 0 aliphatic carbocycles. The summed E-state index contributed by atoms with van der Waals surface area (Å²) in [5.74, 6) is 0. The molecule has 0 saturated heterocycles. The number of amides is 1. The van der Waals surface area contributed by atoms with Crippen LogP contribution in [0.1, 0.15) is 52.6 Å². The van der Waals surface area contributed by atoms with Crippen LogP contribution in [0.3, 0.4) is 0 Å². The lowest BCUT2D eigenvalue weighted by molar-refractivity contribution is 0.0521. The van der Waals surface area contributed by atoms with Crippen LogP contribution in [-0.4, -0.2) is 24.3 Å². The molecule has 23 heavy (non-hydrogen) atoms. The fourth-order valence-electron chi connectivity index (χ4n) is 2.13. The van der Waals surface area contributed by atoms with E-state index in [-0.39, 0.29) is 12.1 Å². The minimum Gasteiger partial charge on any atom is -0.444 e. The number of halogens is 2. The van der Waals surface area contributed by atoms with E-state index in [0.717, 1.165) is 12.0 Å². The molecule has 2 atom stereocenters. The molecule has 0 radical (unpaired) electrons. The number of carbonyl (C=O) groups is 1. The summed E-state index contributed by atoms with van der Waals surface area (Å²) in [5.41, 5.74) is 0.441. The second kappa shape index (κ2) is 8.76. The largest absolute Gasteiger partial charge is 0.444 e. The van der Waals surface area contributed by atoms with Crippen molar-refractivity contribution in [3.63, 3.8) is 0 Å². The van der Waals surface area contributed by atoms with Crippen molar-refractivity contribution in [1.82, 2.24) is 10.6 Å². The lowest BCUT2D eigenvalue weighted by Crippen LogP contribution is -2.43. The Morgan fingerprint density at radius 2 is 1.96 bits per heavy atom. The van der Waals surface area contributed by atoms with Gasteiger partial charge < -0.3 is 15.4 Å². The van der Waals surface area contributed by atoms with Crippen LogP contribution in [0.2, 0.25) is 10.0 Å². The molecule has 0 heterocycles. The predicted octanol–water partition coefficient (Wildman–Crippen LogP) is 4.95. The van der Waals surface area contributed by atoms with E-state index in [1.807, 2.05) is 33.8 Å². The summed E-state index contributed by atoms with van der Waals surface area (Å²) in [6, 6.07) is 5.54. The maximum atomic E-state index is 11.7. The SMILES string of the molecule is CCC(CNC(=O)OC(C)(C)C)NC(C)c1cc(Cl)ccc1Cl. The van der Waals surface area contributed by atoms with Crippen LogP contribution < -0.4 is 10.6 Å². The minimum atomic E-state index is -0.499. The highest BCUT2D eigenvalue weighted by Gasteiger charge is 2.18. The van der Waals surface area contributed by atoms with Crippen molar-refractivity contribution < 1.29 is 9.53 Å². The first-order valence-electron chi connectivity index (χ1n) is 7.80. The van der Waals surface area contributed by atoms with Crippen LogP contribution in [0, 0.1) is 0 Å². The van der Waals surface area contributed by atoms with E-state index in [4.69, 9.17) is 27.9 Å². The Kier molecular flexibility index (Phi) is 7.65. The molecule has 0 aliphatic heterocycles. The highest BCUT2D eigenvalue weighted by atomic mass is 35.5. The average molecular weight is 361 g/mol. The van der Waals surface area contributed by atoms with Crippen LogP contribution >= 0.6 is 23.2 Å². The number of ether oxygens (including phenoxy) is 1. The second-order valence-corrected chi connectivity index (χ2v) is 7.39. The summed E-state index contributed by atoms with van der Waals surface area (Å²) in [6.07, 6.45) is 0.449. The van der Waals surface area contributed by atoms with Crippen molar-refractivity contribution in [2.75, 3.05) is 6.54 Å². The summed E-state index contributed by atoms with van der Waals surface area (Å²) in [6.45, 7) is 10.1. The summed E-state index contributed by atoms with van der Waals surface area (Å²) >= 11 is 12.3. The Hall–Kier alpha value is -0.970. The summed E-state index contributed by atoms with van der Waals surface area (Å²) in [7, 11) is 0. The molecule has 1 aromatic carbocycles. The van der Waals surface area contributed by atoms with Gasteiger partial charge in [-0.25, -0.2) is 4.79 Å². The van der Waals surface area contributed by atoms with E-state index in [0.29, 0.717) is 16.6 Å². The van der Waals surface area contributed by atoms with Gasteiger partial charge >= 0.3 is 6.09 Å². The lowest BCUT2D eigenvalue weighted by atomic mass is 10.1. The van der Waals surface area contributed by atoms with E-state index >= 15 is 0 Å². The van der Waals surface area contributed by atoms with E-state index in [2.05, 4.69) is 17.6 Å². The van der Waals surface area contributed by atoms with Crippen LogP contribution in [0.15, 0.2) is 18.2 Å². The molecule has 2 unspecified atom stereocenters. The number of benzene rings is 1. The molecular formula is C17H26Cl2N2O2. The molecule has 0 bridgehead atoms. The molecule has 0 spiro atoms. The van der Waals surface area contributed by atoms with E-state index in [1.165, 1.54) is 0 Å². The predicted molar refractivity (Wildman–Crippen MR) is 96.3 cm³/mol. The molecule has 6 heteroatoms. The van der Waals surface area contributed by atoms with Crippen LogP contribution in [0.25, 0.3) is 0 Å². The Morgan fingerprint density at radius 1 is 1.30 bits per heavy atom. The molecule has 1 rings (SSSR count). The van der Waals surface area contributed by atoms with Gasteiger partial charge in [-0.15, -0.1) is 0 Å². The summed E-state index contributed by atoms with van der Waals surface area (Å²) in [5, 5.41) is 7.57. The van der Waals surface area contributed by atoms with Crippen molar-refractivity contribution in [3.8, 4) is 0 Å². The smallest absolute Gasteiger partial charge is 0.407 e. The quantitative estimate of drug-likeness (QED) is 0.754. The van der Waals surface area contributed by atoms with Gasteiger partial charge in [0.1, 0.15) is 5.60 Å². The van der Waals surface area contributed by atoms with Crippen LogP contribution in [0.5, 0.6) is 0 Å². The van der Waals surface area contributed by atoms with Crippen molar-refractivity contribution in [2.24, 2.45) is 0 Å². The normalized spacial score (nSPS) is 14.2. The number of hydrogen-bond acceptors (Lipinski definition) is 3. The van der Waals surface area contributed by atoms with E-state index < -0.39 is 11.7 Å². The fraction of sp³-hybridized carbons (Fsp3) is 0.588. The topological polar surface area (TPSA) is 50.4 Å². The first-order valence-corrected chi connectivity index (χ1v) is 8.55. The monoisotopic (exact) mass is 360 g/mol. The Labute approximate surface area is 148 Å². The summed E-state index contributed by atoms with van der Waals surface area (Å²) < 4.78 is 5.24. The molecule has 2 N–H and O–H groups in total. The Balaban J connectivity index is 2.59. The van der Waals surface area contributed by atoms with E-state index in [1.54, 1.807) is 12.1 Å². The Bertz CT molecular complexity index is 530. The maximum Gasteiger partial charge on any atom is 0.407 e. The van der Waals surface area contributed by atoms with Gasteiger partial charge in [0, 0.05) is 28.7 Å². The van der Waals surface area contributed by atoms with Gasteiger partial charge in [-0.3, -0.25) is 0 Å². The second-order valence-electron chi connectivity index (χ2n) is 6.54. The van der Waals surface area contributed by atoms with Crippen LogP contribution in [0.4, 0.5) is 4.79 Å². The highest BCUT2D eigenvalue weighted by molar-refractivity contribution is 6.33. The molecule has 0 saturated carbocycles. The fourth-order valence-corrected chi connectivity index (χ4v) is 2.59. The molecule has 1 aromatic rings. The van der Waals surface area contributed by atoms with Gasteiger partial charge in [0.05, 0.1) is 0 Å². The molecule has 0 aliphatic rings. The van der Waals surface area contributed by atoms with Crippen molar-refractivity contribution in [2.45, 2.75) is 58.7 Å². The number of rotatable bonds is 6. The number of hydrogen-bond donors (Lipinski definition) is 2. The zero-order chi connectivity index (χ0) is 17.6. The zero-order valence-electron chi connectivity index (χ0n) is 14.4. The van der Waals surface area contributed by atoms with Crippen molar-refractivity contribution in [3.05, 3.63) is 33.8 Å². The van der Waals surface area contributed by atoms with Crippen molar-refractivity contribution in [1.29, 1.82) is 0 Å². The lowest BCUT2D eigenvalue weighted by Gasteiger charge is -2.25. The third-order valence-electron chi connectivity index (χ3n) is 3.29. The van der Waals surface area contributed by atoms with Gasteiger partial charge in [-0.2, -0.15) is 0 Å². The number of carbonyl (C=O) groups excluding carboxylic acids is 1. The number of nitrogens with one attached hydrogen (secondary N) is 2. The maximum absolute atomic E-state index is 11.7. The van der Waals surface area contributed by atoms with Crippen LogP contribution in [-0.2, 0) is 4.74 Å².